The lowest BCUT2D eigenvalue weighted by Crippen LogP contribution is -2.52. The van der Waals surface area contributed by atoms with Gasteiger partial charge in [0.1, 0.15) is 6.04 Å². The normalized spacial score (nSPS) is 19.1. The number of H-pyrrole nitrogens is 1. The summed E-state index contributed by atoms with van der Waals surface area (Å²) >= 11 is 0. The molecule has 0 aliphatic carbocycles. The minimum Gasteiger partial charge on any atom is -0.322 e. The average molecular weight is 367 g/mol. The predicted molar refractivity (Wildman–Crippen MR) is 93.8 cm³/mol. The summed E-state index contributed by atoms with van der Waals surface area (Å²) < 4.78 is 0. The molecule has 0 radical (unpaired) electrons. The Bertz CT molecular complexity index is 980. The number of aromatic nitrogens is 2. The molecule has 1 aromatic carbocycles. The second-order valence-electron chi connectivity index (χ2n) is 6.66. The van der Waals surface area contributed by atoms with Gasteiger partial charge in [-0.1, -0.05) is 0 Å². The van der Waals surface area contributed by atoms with Crippen molar-refractivity contribution < 1.29 is 19.2 Å². The molecule has 2 aromatic rings. The third kappa shape index (κ3) is 3.07. The van der Waals surface area contributed by atoms with Gasteiger partial charge in [-0.25, -0.2) is 0 Å². The van der Waals surface area contributed by atoms with Crippen LogP contribution in [0.5, 0.6) is 0 Å². The summed E-state index contributed by atoms with van der Waals surface area (Å²) in [7, 11) is 0. The Hall–Kier alpha value is -3.49. The van der Waals surface area contributed by atoms with Crippen LogP contribution in [0.3, 0.4) is 0 Å². The summed E-state index contributed by atoms with van der Waals surface area (Å²) in [5.74, 6) is -1.38. The molecule has 3 N–H and O–H groups in total. The first-order valence-electron chi connectivity index (χ1n) is 8.53. The molecular formula is C18H17N5O4. The highest BCUT2D eigenvalue weighted by atomic mass is 16.2. The van der Waals surface area contributed by atoms with E-state index in [1.807, 2.05) is 0 Å². The number of nitrogens with zero attached hydrogens (tertiary/aromatic N) is 2. The SMILES string of the molecule is Cc1cc(C(=O)Nc2ccc3c(c2)CN(C2CCC(=O)NC2=O)C3=O)n[nH]1. The average Bonchev–Trinajstić information content (AvgIpc) is 3.19. The molecule has 0 spiro atoms. The fourth-order valence-corrected chi connectivity index (χ4v) is 3.38. The molecule has 1 saturated heterocycles. The molecule has 0 bridgehead atoms. The van der Waals surface area contributed by atoms with Crippen molar-refractivity contribution >= 4 is 29.3 Å². The van der Waals surface area contributed by atoms with Crippen molar-refractivity contribution in [3.05, 3.63) is 46.8 Å². The molecule has 2 aliphatic heterocycles. The molecule has 138 valence electrons. The summed E-state index contributed by atoms with van der Waals surface area (Å²) in [6, 6.07) is 5.97. The van der Waals surface area contributed by atoms with Crippen molar-refractivity contribution in [1.29, 1.82) is 0 Å². The van der Waals surface area contributed by atoms with Crippen LogP contribution >= 0.6 is 0 Å². The number of carbonyl (C=O) groups is 4. The number of aromatic amines is 1. The number of fused-ring (bicyclic) bond motifs is 1. The standard InChI is InChI=1S/C18H17N5O4/c1-9-6-13(22-21-9)16(25)19-11-2-3-12-10(7-11)8-23(18(12)27)14-4-5-15(24)20-17(14)26/h2-3,6-7,14H,4-5,8H2,1H3,(H,19,25)(H,21,22)(H,20,24,26). The number of amides is 4. The third-order valence-electron chi connectivity index (χ3n) is 4.72. The quantitative estimate of drug-likeness (QED) is 0.690. The van der Waals surface area contributed by atoms with E-state index >= 15 is 0 Å². The minimum absolute atomic E-state index is 0.209. The lowest BCUT2D eigenvalue weighted by Gasteiger charge is -2.29. The van der Waals surface area contributed by atoms with Gasteiger partial charge in [0.2, 0.25) is 11.8 Å². The predicted octanol–water partition coefficient (Wildman–Crippen LogP) is 0.731. The van der Waals surface area contributed by atoms with Crippen LogP contribution < -0.4 is 10.6 Å². The Balaban J connectivity index is 1.51. The van der Waals surface area contributed by atoms with Gasteiger partial charge in [0.05, 0.1) is 0 Å². The molecule has 27 heavy (non-hydrogen) atoms. The molecule has 4 amide bonds. The number of carbonyl (C=O) groups excluding carboxylic acids is 4. The Labute approximate surface area is 154 Å². The maximum atomic E-state index is 12.6. The highest BCUT2D eigenvalue weighted by Gasteiger charge is 2.39. The molecule has 1 aromatic heterocycles. The van der Waals surface area contributed by atoms with Crippen LogP contribution in [0.25, 0.3) is 0 Å². The Kier molecular flexibility index (Phi) is 3.98. The molecule has 9 nitrogen and oxygen atoms in total. The van der Waals surface area contributed by atoms with E-state index in [4.69, 9.17) is 0 Å². The summed E-state index contributed by atoms with van der Waals surface area (Å²) in [6.07, 6.45) is 0.521. The van der Waals surface area contributed by atoms with Gasteiger partial charge >= 0.3 is 0 Å². The molecule has 1 fully saturated rings. The number of rotatable bonds is 3. The van der Waals surface area contributed by atoms with E-state index < -0.39 is 11.9 Å². The van der Waals surface area contributed by atoms with E-state index in [2.05, 4.69) is 20.8 Å². The van der Waals surface area contributed by atoms with Gasteiger partial charge in [-0.2, -0.15) is 5.10 Å². The first kappa shape index (κ1) is 17.0. The van der Waals surface area contributed by atoms with Gasteiger partial charge in [0.25, 0.3) is 11.8 Å². The van der Waals surface area contributed by atoms with Crippen LogP contribution in [0.15, 0.2) is 24.3 Å². The van der Waals surface area contributed by atoms with Crippen molar-refractivity contribution in [2.45, 2.75) is 32.4 Å². The van der Waals surface area contributed by atoms with Crippen LogP contribution in [0.1, 0.15) is 44.9 Å². The van der Waals surface area contributed by atoms with E-state index in [1.54, 1.807) is 31.2 Å². The zero-order valence-electron chi connectivity index (χ0n) is 14.5. The Morgan fingerprint density at radius 3 is 2.78 bits per heavy atom. The number of anilines is 1. The number of hydrogen-bond acceptors (Lipinski definition) is 5. The first-order valence-corrected chi connectivity index (χ1v) is 8.53. The number of aryl methyl sites for hydroxylation is 1. The van der Waals surface area contributed by atoms with Crippen molar-refractivity contribution in [3.8, 4) is 0 Å². The van der Waals surface area contributed by atoms with Crippen LogP contribution in [-0.4, -0.2) is 44.8 Å². The van der Waals surface area contributed by atoms with Gasteiger partial charge in [-0.3, -0.25) is 29.6 Å². The molecule has 1 atom stereocenters. The van der Waals surface area contributed by atoms with Gasteiger partial charge in [-0.05, 0) is 43.2 Å². The van der Waals surface area contributed by atoms with E-state index in [1.165, 1.54) is 4.90 Å². The summed E-state index contributed by atoms with van der Waals surface area (Å²) in [5.41, 5.74) is 2.81. The van der Waals surface area contributed by atoms with E-state index in [0.29, 0.717) is 17.7 Å². The third-order valence-corrected chi connectivity index (χ3v) is 4.72. The number of imide groups is 1. The van der Waals surface area contributed by atoms with Gasteiger partial charge < -0.3 is 10.2 Å². The number of hydrogen-bond donors (Lipinski definition) is 3. The Morgan fingerprint density at radius 1 is 1.26 bits per heavy atom. The smallest absolute Gasteiger partial charge is 0.276 e. The molecule has 3 heterocycles. The fraction of sp³-hybridized carbons (Fsp3) is 0.278. The van der Waals surface area contributed by atoms with E-state index in [-0.39, 0.29) is 36.4 Å². The van der Waals surface area contributed by atoms with Crippen molar-refractivity contribution in [1.82, 2.24) is 20.4 Å². The topological polar surface area (TPSA) is 124 Å². The van der Waals surface area contributed by atoms with Crippen molar-refractivity contribution in [2.75, 3.05) is 5.32 Å². The highest BCUT2D eigenvalue weighted by Crippen LogP contribution is 2.29. The number of nitrogens with one attached hydrogen (secondary N) is 3. The molecule has 9 heteroatoms. The molecule has 4 rings (SSSR count). The lowest BCUT2D eigenvalue weighted by atomic mass is 10.0. The summed E-state index contributed by atoms with van der Waals surface area (Å²) in [4.78, 5) is 49.7. The van der Waals surface area contributed by atoms with Gasteiger partial charge in [0.15, 0.2) is 5.69 Å². The molecule has 2 aliphatic rings. The van der Waals surface area contributed by atoms with Crippen molar-refractivity contribution in [3.63, 3.8) is 0 Å². The zero-order valence-corrected chi connectivity index (χ0v) is 14.5. The van der Waals surface area contributed by atoms with Crippen LogP contribution in [-0.2, 0) is 16.1 Å². The maximum absolute atomic E-state index is 12.6. The van der Waals surface area contributed by atoms with E-state index in [0.717, 1.165) is 11.3 Å². The minimum atomic E-state index is -0.660. The van der Waals surface area contributed by atoms with Gasteiger partial charge in [-0.15, -0.1) is 0 Å². The van der Waals surface area contributed by atoms with Crippen LogP contribution in [0.4, 0.5) is 5.69 Å². The second kappa shape index (κ2) is 6.35. The second-order valence-corrected chi connectivity index (χ2v) is 6.66. The number of piperidine rings is 1. The zero-order chi connectivity index (χ0) is 19.1. The van der Waals surface area contributed by atoms with Crippen LogP contribution in [0, 0.1) is 6.92 Å². The maximum Gasteiger partial charge on any atom is 0.276 e. The van der Waals surface area contributed by atoms with Gasteiger partial charge in [0, 0.05) is 29.9 Å². The monoisotopic (exact) mass is 367 g/mol. The molecular weight excluding hydrogens is 350 g/mol. The highest BCUT2D eigenvalue weighted by molar-refractivity contribution is 6.06. The molecule has 0 saturated carbocycles. The first-order chi connectivity index (χ1) is 12.9. The Morgan fingerprint density at radius 2 is 2.07 bits per heavy atom. The fourth-order valence-electron chi connectivity index (χ4n) is 3.38. The summed E-state index contributed by atoms with van der Waals surface area (Å²) in [6.45, 7) is 2.06. The van der Waals surface area contributed by atoms with Crippen LogP contribution in [0.2, 0.25) is 0 Å². The lowest BCUT2D eigenvalue weighted by molar-refractivity contribution is -0.136. The number of benzene rings is 1. The molecule has 1 unspecified atom stereocenters. The summed E-state index contributed by atoms with van der Waals surface area (Å²) in [5, 5.41) is 11.6. The largest absolute Gasteiger partial charge is 0.322 e. The van der Waals surface area contributed by atoms with Crippen molar-refractivity contribution in [2.24, 2.45) is 0 Å². The van der Waals surface area contributed by atoms with E-state index in [9.17, 15) is 19.2 Å².